The first-order chi connectivity index (χ1) is 19.9. The minimum absolute atomic E-state index is 0. The van der Waals surface area contributed by atoms with Gasteiger partial charge in [-0.05, 0) is 82.4 Å². The van der Waals surface area contributed by atoms with Crippen LogP contribution in [0.25, 0.3) is 10.9 Å². The Balaban J connectivity index is 0.00000506. The fourth-order valence-corrected chi connectivity index (χ4v) is 8.09. The summed E-state index contributed by atoms with van der Waals surface area (Å²) in [5.74, 6) is 0.632. The number of nitrogens with zero attached hydrogens (tertiary/aromatic N) is 2. The molecular weight excluding hydrogens is 581 g/mol. The van der Waals surface area contributed by atoms with Crippen LogP contribution in [0.15, 0.2) is 29.1 Å². The second kappa shape index (κ2) is 14.9. The van der Waals surface area contributed by atoms with Crippen LogP contribution in [0.1, 0.15) is 91.0 Å². The van der Waals surface area contributed by atoms with Gasteiger partial charge in [0.25, 0.3) is 0 Å². The molecular formula is C31H47F3N4O4S. The fourth-order valence-electron chi connectivity index (χ4n) is 6.41. The number of fused-ring (bicyclic) bond motifs is 1. The van der Waals surface area contributed by atoms with E-state index in [0.717, 1.165) is 44.9 Å². The number of alkyl halides is 3. The molecule has 2 aliphatic rings. The van der Waals surface area contributed by atoms with Crippen molar-refractivity contribution >= 4 is 32.5 Å². The third kappa shape index (κ3) is 8.97. The highest BCUT2D eigenvalue weighted by atomic mass is 32.2. The normalized spacial score (nSPS) is 20.3. The van der Waals surface area contributed by atoms with Gasteiger partial charge in [-0.25, -0.2) is 12.7 Å². The first-order valence-corrected chi connectivity index (χ1v) is 16.8. The van der Waals surface area contributed by atoms with Crippen molar-refractivity contribution < 1.29 is 26.4 Å². The number of amides is 1. The fraction of sp³-hybridized carbons (Fsp3) is 0.677. The number of anilines is 1. The maximum atomic E-state index is 13.7. The molecule has 0 saturated carbocycles. The van der Waals surface area contributed by atoms with Gasteiger partial charge in [-0.3, -0.25) is 9.59 Å². The molecule has 4 rings (SSSR count). The number of nitrogens with one attached hydrogen (secondary N) is 2. The molecule has 2 aromatic rings. The number of carbonyl (C=O) groups is 1. The zero-order valence-electron chi connectivity index (χ0n) is 24.5. The zero-order chi connectivity index (χ0) is 30.5. The van der Waals surface area contributed by atoms with Gasteiger partial charge in [0.1, 0.15) is 0 Å². The van der Waals surface area contributed by atoms with E-state index in [9.17, 15) is 31.2 Å². The van der Waals surface area contributed by atoms with Crippen LogP contribution in [0.4, 0.5) is 18.9 Å². The summed E-state index contributed by atoms with van der Waals surface area (Å²) in [5, 5.41) is 2.97. The lowest BCUT2D eigenvalue weighted by molar-refractivity contribution is -0.136. The number of aromatic nitrogens is 1. The Morgan fingerprint density at radius 3 is 2.47 bits per heavy atom. The lowest BCUT2D eigenvalue weighted by atomic mass is 9.92. The molecule has 0 radical (unpaired) electrons. The lowest BCUT2D eigenvalue weighted by Crippen LogP contribution is -2.39. The Morgan fingerprint density at radius 1 is 1.07 bits per heavy atom. The number of sulfonamides is 1. The van der Waals surface area contributed by atoms with E-state index in [1.807, 2.05) is 13.8 Å². The minimum Gasteiger partial charge on any atom is -0.366 e. The molecule has 43 heavy (non-hydrogen) atoms. The summed E-state index contributed by atoms with van der Waals surface area (Å²) in [6.07, 6.45) is 3.09. The number of pyridine rings is 1. The average Bonchev–Trinajstić information content (AvgIpc) is 3.31. The molecule has 242 valence electrons. The maximum absolute atomic E-state index is 13.7. The van der Waals surface area contributed by atoms with E-state index in [4.69, 9.17) is 0 Å². The Hall–Kier alpha value is -2.60. The molecule has 8 nitrogen and oxygen atoms in total. The number of hydrogen-bond donors (Lipinski definition) is 2. The number of H-pyrrole nitrogens is 1. The van der Waals surface area contributed by atoms with Crippen molar-refractivity contribution in [2.45, 2.75) is 104 Å². The average molecular weight is 629 g/mol. The summed E-state index contributed by atoms with van der Waals surface area (Å²) < 4.78 is 67.4. The van der Waals surface area contributed by atoms with E-state index in [0.29, 0.717) is 56.6 Å². The highest BCUT2D eigenvalue weighted by Gasteiger charge is 2.35. The van der Waals surface area contributed by atoms with E-state index in [2.05, 4.69) is 15.2 Å². The molecule has 12 heteroatoms. The van der Waals surface area contributed by atoms with Crippen molar-refractivity contribution in [2.24, 2.45) is 5.92 Å². The van der Waals surface area contributed by atoms with Gasteiger partial charge in [-0.2, -0.15) is 13.2 Å². The van der Waals surface area contributed by atoms with Crippen LogP contribution in [0.2, 0.25) is 0 Å². The summed E-state index contributed by atoms with van der Waals surface area (Å²) >= 11 is 0. The van der Waals surface area contributed by atoms with Gasteiger partial charge in [0, 0.05) is 60.8 Å². The Morgan fingerprint density at radius 2 is 1.79 bits per heavy atom. The number of piperidine rings is 1. The summed E-state index contributed by atoms with van der Waals surface area (Å²) in [7, 11) is -3.16. The molecule has 2 saturated heterocycles. The van der Waals surface area contributed by atoms with Gasteiger partial charge in [0.2, 0.25) is 21.5 Å². The molecule has 1 aromatic heterocycles. The molecule has 2 atom stereocenters. The van der Waals surface area contributed by atoms with Crippen LogP contribution < -0.4 is 15.8 Å². The van der Waals surface area contributed by atoms with E-state index >= 15 is 0 Å². The lowest BCUT2D eigenvalue weighted by Gasteiger charge is -2.31. The van der Waals surface area contributed by atoms with Crippen molar-refractivity contribution in [1.29, 1.82) is 0 Å². The van der Waals surface area contributed by atoms with E-state index in [1.165, 1.54) is 12.1 Å². The number of hydrogen-bond acceptors (Lipinski definition) is 5. The predicted octanol–water partition coefficient (Wildman–Crippen LogP) is 6.06. The van der Waals surface area contributed by atoms with Gasteiger partial charge in [0.05, 0.1) is 11.3 Å². The number of unbranched alkanes of at least 4 members (excludes halogenated alkanes) is 1. The first-order valence-electron chi connectivity index (χ1n) is 15.2. The largest absolute Gasteiger partial charge is 0.417 e. The second-order valence-electron chi connectivity index (χ2n) is 11.8. The summed E-state index contributed by atoms with van der Waals surface area (Å²) in [6, 6.07) is 5.60. The highest BCUT2D eigenvalue weighted by Crippen LogP contribution is 2.37. The van der Waals surface area contributed by atoms with Gasteiger partial charge >= 0.3 is 6.18 Å². The van der Waals surface area contributed by atoms with Crippen molar-refractivity contribution in [1.82, 2.24) is 14.6 Å². The molecule has 0 unspecified atom stereocenters. The monoisotopic (exact) mass is 628 g/mol. The number of aromatic amines is 1. The molecule has 2 fully saturated rings. The molecule has 0 aliphatic carbocycles. The quantitative estimate of drug-likeness (QED) is 0.298. The van der Waals surface area contributed by atoms with Crippen LogP contribution in [0, 0.1) is 5.92 Å². The molecule has 2 N–H and O–H groups in total. The van der Waals surface area contributed by atoms with Gasteiger partial charge in [-0.1, -0.05) is 20.8 Å². The highest BCUT2D eigenvalue weighted by molar-refractivity contribution is 7.89. The Labute approximate surface area is 253 Å². The molecule has 2 aliphatic heterocycles. The number of rotatable bonds is 12. The predicted molar refractivity (Wildman–Crippen MR) is 166 cm³/mol. The van der Waals surface area contributed by atoms with Gasteiger partial charge in [-0.15, -0.1) is 0 Å². The van der Waals surface area contributed by atoms with Crippen LogP contribution in [-0.2, 0) is 21.0 Å². The summed E-state index contributed by atoms with van der Waals surface area (Å²) in [6.45, 7) is 5.64. The van der Waals surface area contributed by atoms with Crippen molar-refractivity contribution in [3.63, 3.8) is 0 Å². The summed E-state index contributed by atoms with van der Waals surface area (Å²) in [5.41, 5.74) is -0.909. The third-order valence-electron chi connectivity index (χ3n) is 8.75. The van der Waals surface area contributed by atoms with Crippen LogP contribution >= 0.6 is 0 Å². The van der Waals surface area contributed by atoms with Crippen molar-refractivity contribution in [3.8, 4) is 0 Å². The molecule has 1 aromatic carbocycles. The van der Waals surface area contributed by atoms with Crippen molar-refractivity contribution in [3.05, 3.63) is 40.2 Å². The van der Waals surface area contributed by atoms with Gasteiger partial charge < -0.3 is 15.2 Å². The second-order valence-corrected chi connectivity index (χ2v) is 13.9. The van der Waals surface area contributed by atoms with Crippen LogP contribution in [-0.4, -0.2) is 61.1 Å². The maximum Gasteiger partial charge on any atom is 0.417 e. The topological polar surface area (TPSA) is 103 Å². The van der Waals surface area contributed by atoms with E-state index in [-0.39, 0.29) is 42.1 Å². The standard InChI is InChI=1S/C30H43F3N4O4S.CH4/c1-3-4-18-42(40,41)36-16-13-22(14-17-36)6-5-7-28(38)34-15-12-23-9-8-21(2)37(23)24-10-11-27-25(19-24)26(30(31,32)33)20-29(39)35-27;/h10-11,19-23H,3-9,12-18H2,1-2H3,(H,34,38)(H,35,39);1H4/t21-,23-;/m1./s1. The molecule has 1 amide bonds. The van der Waals surface area contributed by atoms with E-state index in [1.54, 1.807) is 10.4 Å². The zero-order valence-corrected chi connectivity index (χ0v) is 25.3. The summed E-state index contributed by atoms with van der Waals surface area (Å²) in [4.78, 5) is 28.9. The Bertz CT molecular complexity index is 1390. The number of benzene rings is 1. The number of carbonyl (C=O) groups excluding carboxylic acids is 1. The SMILES string of the molecule is C.CCCCS(=O)(=O)N1CCC(CCCC(=O)NCC[C@H]2CC[C@@H](C)N2c2ccc3[nH]c(=O)cc(C(F)(F)F)c3c2)CC1. The molecule has 0 bridgehead atoms. The van der Waals surface area contributed by atoms with Gasteiger partial charge in [0.15, 0.2) is 0 Å². The van der Waals surface area contributed by atoms with Crippen LogP contribution in [0.5, 0.6) is 0 Å². The smallest absolute Gasteiger partial charge is 0.366 e. The number of halogens is 3. The molecule has 3 heterocycles. The first kappa shape index (κ1) is 34.9. The van der Waals surface area contributed by atoms with Crippen LogP contribution in [0.3, 0.4) is 0 Å². The Kier molecular flexibility index (Phi) is 12.1. The minimum atomic E-state index is -4.64. The third-order valence-corrected chi connectivity index (χ3v) is 10.7. The van der Waals surface area contributed by atoms with Crippen molar-refractivity contribution in [2.75, 3.05) is 30.3 Å². The molecule has 0 spiro atoms. The van der Waals surface area contributed by atoms with E-state index < -0.39 is 27.3 Å².